The number of carbonyl (C=O) groups excluding carboxylic acids is 1. The van der Waals surface area contributed by atoms with Crippen molar-refractivity contribution in [1.29, 1.82) is 0 Å². The second-order valence-corrected chi connectivity index (χ2v) is 7.67. The second-order valence-electron chi connectivity index (χ2n) is 5.95. The monoisotopic (exact) mass is 377 g/mol. The minimum absolute atomic E-state index is 0.0309. The Morgan fingerprint density at radius 1 is 1.20 bits per heavy atom. The number of ether oxygens (including phenoxy) is 1. The van der Waals surface area contributed by atoms with Crippen molar-refractivity contribution < 1.29 is 9.53 Å². The van der Waals surface area contributed by atoms with Gasteiger partial charge in [0.05, 0.1) is 11.3 Å². The molecule has 2 rings (SSSR count). The molecule has 1 amide bonds. The molecule has 25 heavy (non-hydrogen) atoms. The number of carbonyl (C=O) groups is 1. The predicted octanol–water partition coefficient (Wildman–Crippen LogP) is 5.10. The molecule has 0 spiro atoms. The van der Waals surface area contributed by atoms with Gasteiger partial charge in [0.2, 0.25) is 5.91 Å². The molecule has 2 atom stereocenters. The number of benzene rings is 2. The van der Waals surface area contributed by atoms with Gasteiger partial charge in [-0.3, -0.25) is 4.79 Å². The van der Waals surface area contributed by atoms with Gasteiger partial charge in [0.15, 0.2) is 0 Å². The van der Waals surface area contributed by atoms with Crippen LogP contribution >= 0.6 is 23.4 Å². The maximum Gasteiger partial charge on any atom is 0.233 e. The largest absolute Gasteiger partial charge is 0.491 e. The Morgan fingerprint density at radius 3 is 2.52 bits per heavy atom. The van der Waals surface area contributed by atoms with Crippen molar-refractivity contribution in [1.82, 2.24) is 5.32 Å². The van der Waals surface area contributed by atoms with Crippen molar-refractivity contribution in [2.24, 2.45) is 0 Å². The Bertz CT molecular complexity index is 690. The third-order valence-corrected chi connectivity index (χ3v) is 5.35. The fraction of sp³-hybridized carbons (Fsp3) is 0.350. The molecule has 0 fully saturated rings. The minimum Gasteiger partial charge on any atom is -0.491 e. The molecule has 0 aromatic heterocycles. The van der Waals surface area contributed by atoms with Crippen LogP contribution in [0.15, 0.2) is 53.4 Å². The van der Waals surface area contributed by atoms with E-state index in [0.717, 1.165) is 22.6 Å². The van der Waals surface area contributed by atoms with Crippen LogP contribution in [0.4, 0.5) is 0 Å². The molecular weight excluding hydrogens is 354 g/mol. The summed E-state index contributed by atoms with van der Waals surface area (Å²) in [6, 6.07) is 15.4. The summed E-state index contributed by atoms with van der Waals surface area (Å²) in [7, 11) is 0. The Labute approximate surface area is 159 Å². The average Bonchev–Trinajstić information content (AvgIpc) is 2.60. The van der Waals surface area contributed by atoms with Crippen molar-refractivity contribution in [2.45, 2.75) is 43.4 Å². The topological polar surface area (TPSA) is 38.3 Å². The van der Waals surface area contributed by atoms with Crippen molar-refractivity contribution in [3.8, 4) is 5.75 Å². The summed E-state index contributed by atoms with van der Waals surface area (Å²) < 4.78 is 5.81. The third kappa shape index (κ3) is 6.29. The number of halogens is 1. The molecule has 0 aliphatic heterocycles. The summed E-state index contributed by atoms with van der Waals surface area (Å²) in [4.78, 5) is 13.6. The van der Waals surface area contributed by atoms with Gasteiger partial charge in [0, 0.05) is 9.92 Å². The third-order valence-electron chi connectivity index (χ3n) is 3.73. The molecule has 5 heteroatoms. The summed E-state index contributed by atoms with van der Waals surface area (Å²) in [5, 5.41) is 3.60. The highest BCUT2D eigenvalue weighted by Crippen LogP contribution is 2.27. The summed E-state index contributed by atoms with van der Waals surface area (Å²) in [5.41, 5.74) is 1.09. The van der Waals surface area contributed by atoms with Crippen molar-refractivity contribution in [3.63, 3.8) is 0 Å². The zero-order valence-corrected chi connectivity index (χ0v) is 16.4. The molecule has 134 valence electrons. The summed E-state index contributed by atoms with van der Waals surface area (Å²) in [5.74, 6) is 0.884. The van der Waals surface area contributed by atoms with Gasteiger partial charge in [-0.15, -0.1) is 11.8 Å². The van der Waals surface area contributed by atoms with Gasteiger partial charge in [-0.1, -0.05) is 36.7 Å². The van der Waals surface area contributed by atoms with Crippen LogP contribution in [-0.2, 0) is 4.79 Å². The number of rotatable bonds is 8. The number of thioether (sulfide) groups is 1. The molecule has 0 radical (unpaired) electrons. The van der Waals surface area contributed by atoms with E-state index in [0.29, 0.717) is 11.6 Å². The molecule has 0 saturated carbocycles. The lowest BCUT2D eigenvalue weighted by molar-refractivity contribution is -0.121. The number of hydrogen-bond donors (Lipinski definition) is 1. The average molecular weight is 378 g/mol. The fourth-order valence-electron chi connectivity index (χ4n) is 2.31. The summed E-state index contributed by atoms with van der Waals surface area (Å²) in [6.07, 6.45) is 0.754. The van der Waals surface area contributed by atoms with E-state index in [-0.39, 0.29) is 17.2 Å². The van der Waals surface area contributed by atoms with Gasteiger partial charge in [0.1, 0.15) is 12.4 Å². The van der Waals surface area contributed by atoms with Crippen molar-refractivity contribution in [2.75, 3.05) is 6.61 Å². The van der Waals surface area contributed by atoms with Crippen LogP contribution in [0.25, 0.3) is 0 Å². The van der Waals surface area contributed by atoms with Gasteiger partial charge in [-0.25, -0.2) is 0 Å². The highest BCUT2D eigenvalue weighted by atomic mass is 35.5. The smallest absolute Gasteiger partial charge is 0.233 e. The molecule has 0 aliphatic carbocycles. The van der Waals surface area contributed by atoms with E-state index in [1.807, 2.05) is 69.3 Å². The first kappa shape index (κ1) is 19.7. The predicted molar refractivity (Wildman–Crippen MR) is 106 cm³/mol. The number of amides is 1. The lowest BCUT2D eigenvalue weighted by Gasteiger charge is -2.20. The SMILES string of the molecule is CC[C@@H](Sc1ccc(Cl)cc1)C(=O)N[C@H](C)COc1ccccc1C. The van der Waals surface area contributed by atoms with E-state index >= 15 is 0 Å². The molecule has 1 N–H and O–H groups in total. The van der Waals surface area contributed by atoms with E-state index in [1.165, 1.54) is 0 Å². The maximum atomic E-state index is 12.5. The van der Waals surface area contributed by atoms with Crippen LogP contribution in [0.2, 0.25) is 5.02 Å². The highest BCUT2D eigenvalue weighted by Gasteiger charge is 2.20. The Morgan fingerprint density at radius 2 is 1.88 bits per heavy atom. The van der Waals surface area contributed by atoms with Crippen LogP contribution in [0, 0.1) is 6.92 Å². The first-order chi connectivity index (χ1) is 12.0. The van der Waals surface area contributed by atoms with Gasteiger partial charge in [-0.2, -0.15) is 0 Å². The quantitative estimate of drug-likeness (QED) is 0.650. The number of para-hydroxylation sites is 1. The first-order valence-electron chi connectivity index (χ1n) is 8.40. The Balaban J connectivity index is 1.85. The molecule has 0 aliphatic rings. The number of nitrogens with one attached hydrogen (secondary N) is 1. The van der Waals surface area contributed by atoms with Gasteiger partial charge in [0.25, 0.3) is 0 Å². The number of hydrogen-bond acceptors (Lipinski definition) is 3. The maximum absolute atomic E-state index is 12.5. The van der Waals surface area contributed by atoms with Gasteiger partial charge < -0.3 is 10.1 Å². The molecule has 0 bridgehead atoms. The van der Waals surface area contributed by atoms with Crippen molar-refractivity contribution in [3.05, 3.63) is 59.1 Å². The Kier molecular flexibility index (Phi) is 7.66. The highest BCUT2D eigenvalue weighted by molar-refractivity contribution is 8.00. The molecule has 3 nitrogen and oxygen atoms in total. The molecular formula is C20H24ClNO2S. The summed E-state index contributed by atoms with van der Waals surface area (Å²) >= 11 is 7.46. The zero-order valence-electron chi connectivity index (χ0n) is 14.8. The molecule has 0 unspecified atom stereocenters. The molecule has 0 heterocycles. The molecule has 2 aromatic carbocycles. The first-order valence-corrected chi connectivity index (χ1v) is 9.66. The van der Waals surface area contributed by atoms with Gasteiger partial charge >= 0.3 is 0 Å². The van der Waals surface area contributed by atoms with Crippen LogP contribution < -0.4 is 10.1 Å². The minimum atomic E-state index is -0.137. The Hall–Kier alpha value is -1.65. The molecule has 2 aromatic rings. The molecule has 0 saturated heterocycles. The normalized spacial score (nSPS) is 13.1. The van der Waals surface area contributed by atoms with E-state index in [9.17, 15) is 4.79 Å². The lowest BCUT2D eigenvalue weighted by Crippen LogP contribution is -2.41. The van der Waals surface area contributed by atoms with E-state index < -0.39 is 0 Å². The van der Waals surface area contributed by atoms with Crippen LogP contribution in [0.3, 0.4) is 0 Å². The van der Waals surface area contributed by atoms with E-state index in [1.54, 1.807) is 11.8 Å². The van der Waals surface area contributed by atoms with Crippen LogP contribution in [0.1, 0.15) is 25.8 Å². The zero-order chi connectivity index (χ0) is 18.2. The van der Waals surface area contributed by atoms with Crippen LogP contribution in [0.5, 0.6) is 5.75 Å². The lowest BCUT2D eigenvalue weighted by atomic mass is 10.2. The fourth-order valence-corrected chi connectivity index (χ4v) is 3.40. The number of aryl methyl sites for hydroxylation is 1. The van der Waals surface area contributed by atoms with Crippen molar-refractivity contribution >= 4 is 29.3 Å². The second kappa shape index (κ2) is 9.73. The van der Waals surface area contributed by atoms with E-state index in [2.05, 4.69) is 5.32 Å². The summed E-state index contributed by atoms with van der Waals surface area (Å²) in [6.45, 7) is 6.42. The standard InChI is InChI=1S/C20H24ClNO2S/c1-4-19(25-17-11-9-16(21)10-12-17)20(23)22-15(3)13-24-18-8-6-5-7-14(18)2/h5-12,15,19H,4,13H2,1-3H3,(H,22,23)/t15-,19-/m1/s1. The van der Waals surface area contributed by atoms with E-state index in [4.69, 9.17) is 16.3 Å². The van der Waals surface area contributed by atoms with Gasteiger partial charge in [-0.05, 0) is 56.2 Å². The van der Waals surface area contributed by atoms with Crippen LogP contribution in [-0.4, -0.2) is 23.8 Å².